The van der Waals surface area contributed by atoms with Crippen molar-refractivity contribution in [2.75, 3.05) is 10.6 Å². The molecule has 6 nitrogen and oxygen atoms in total. The zero-order chi connectivity index (χ0) is 20.6. The van der Waals surface area contributed by atoms with Crippen molar-refractivity contribution in [1.29, 1.82) is 0 Å². The highest BCUT2D eigenvalue weighted by atomic mass is 16.1. The van der Waals surface area contributed by atoms with Gasteiger partial charge in [0.1, 0.15) is 5.82 Å². The maximum atomic E-state index is 11.8. The van der Waals surface area contributed by atoms with Crippen LogP contribution in [-0.2, 0) is 0 Å². The first kappa shape index (κ1) is 12.6. The number of nitrogens with zero attached hydrogens (tertiary/aromatic N) is 2. The lowest BCUT2D eigenvalue weighted by Crippen LogP contribution is -2.32. The number of nitrogens with one attached hydrogen (secondary N) is 2. The quantitative estimate of drug-likeness (QED) is 0.792. The number of carbonyl (C=O) groups is 1. The molecule has 0 spiro atoms. The highest BCUT2D eigenvalue weighted by Gasteiger charge is 2.26. The smallest absolute Gasteiger partial charge is 0.254 e. The molecule has 1 heterocycles. The number of anilines is 2. The van der Waals surface area contributed by atoms with Crippen molar-refractivity contribution >= 4 is 17.7 Å². The van der Waals surface area contributed by atoms with Crippen molar-refractivity contribution in [2.45, 2.75) is 65.4 Å². The van der Waals surface area contributed by atoms with Gasteiger partial charge in [0.05, 0.1) is 5.56 Å². The van der Waals surface area contributed by atoms with Gasteiger partial charge in [0, 0.05) is 23.3 Å². The van der Waals surface area contributed by atoms with Crippen molar-refractivity contribution in [2.24, 2.45) is 17.5 Å². The maximum absolute atomic E-state index is 11.8. The second-order valence-electron chi connectivity index (χ2n) is 6.94. The lowest BCUT2D eigenvalue weighted by molar-refractivity contribution is 0.100. The molecule has 0 aromatic carbocycles. The summed E-state index contributed by atoms with van der Waals surface area (Å²) in [6.45, 7) is 4.78. The van der Waals surface area contributed by atoms with Gasteiger partial charge in [0.2, 0.25) is 5.95 Å². The third kappa shape index (κ3) is 4.81. The van der Waals surface area contributed by atoms with Crippen LogP contribution < -0.4 is 16.4 Å². The van der Waals surface area contributed by atoms with Gasteiger partial charge in [-0.1, -0.05) is 13.8 Å². The highest BCUT2D eigenvalue weighted by molar-refractivity contribution is 5.97. The molecule has 0 saturated heterocycles. The van der Waals surface area contributed by atoms with E-state index in [1.807, 2.05) is 6.92 Å². The Morgan fingerprint density at radius 1 is 1.48 bits per heavy atom. The van der Waals surface area contributed by atoms with E-state index in [-0.39, 0.29) is 29.3 Å². The van der Waals surface area contributed by atoms with Crippen LogP contribution in [0.1, 0.15) is 69.7 Å². The predicted molar refractivity (Wildman–Crippen MR) is 93.5 cm³/mol. The Morgan fingerprint density at radius 2 is 2.22 bits per heavy atom. The predicted octanol–water partition coefficient (Wildman–Crippen LogP) is 3.02. The first-order valence-electron chi connectivity index (χ1n) is 9.94. The second kappa shape index (κ2) is 6.72. The summed E-state index contributed by atoms with van der Waals surface area (Å²) in [5.74, 6) is -0.593. The molecule has 1 aromatic rings. The zero-order valence-corrected chi connectivity index (χ0v) is 14.2. The topological polar surface area (TPSA) is 92.9 Å². The van der Waals surface area contributed by atoms with Gasteiger partial charge in [-0.15, -0.1) is 0 Å². The van der Waals surface area contributed by atoms with Crippen molar-refractivity contribution in [3.05, 3.63) is 11.8 Å². The minimum absolute atomic E-state index is 0.0276. The molecule has 6 heteroatoms. The maximum Gasteiger partial charge on any atom is 0.254 e. The van der Waals surface area contributed by atoms with Gasteiger partial charge < -0.3 is 16.4 Å². The van der Waals surface area contributed by atoms with Crippen molar-refractivity contribution in [3.8, 4) is 0 Å². The van der Waals surface area contributed by atoms with Crippen LogP contribution in [0.2, 0.25) is 0 Å². The van der Waals surface area contributed by atoms with Crippen molar-refractivity contribution in [1.82, 2.24) is 9.97 Å². The molecule has 0 unspecified atom stereocenters. The standard InChI is InChI=1S/C17H29N5O/c1-10-6-7-12(8-11(10)2)20-15-13(14(18)23)9-19-16(21-15)22-17(3,4)5/h9-12H,6-8H2,1-5H3,(H2,18,23)(H2,19,20,21,22)/t10-,11-,12-/m1/s1/i3D3,11D. The van der Waals surface area contributed by atoms with Gasteiger partial charge in [-0.25, -0.2) is 4.98 Å². The van der Waals surface area contributed by atoms with E-state index in [0.717, 1.165) is 12.8 Å². The Labute approximate surface area is 144 Å². The lowest BCUT2D eigenvalue weighted by Gasteiger charge is -2.33. The number of carbonyl (C=O) groups excluding carboxylic acids is 1. The molecular weight excluding hydrogens is 290 g/mol. The van der Waals surface area contributed by atoms with Gasteiger partial charge in [0.15, 0.2) is 0 Å². The molecule has 23 heavy (non-hydrogen) atoms. The molecule has 1 saturated carbocycles. The van der Waals surface area contributed by atoms with Crippen LogP contribution in [0.5, 0.6) is 0 Å². The minimum Gasteiger partial charge on any atom is -0.366 e. The Balaban J connectivity index is 2.27. The normalized spacial score (nSPS) is 31.3. The zero-order valence-electron chi connectivity index (χ0n) is 18.2. The number of nitrogens with two attached hydrogens (primary N) is 1. The molecule has 128 valence electrons. The van der Waals surface area contributed by atoms with Crippen molar-refractivity contribution in [3.63, 3.8) is 0 Å². The van der Waals surface area contributed by atoms with Crippen LogP contribution in [0, 0.1) is 11.8 Å². The molecule has 3 atom stereocenters. The van der Waals surface area contributed by atoms with Gasteiger partial charge in [0.25, 0.3) is 5.91 Å². The molecule has 2 rings (SSSR count). The van der Waals surface area contributed by atoms with Crippen LogP contribution in [-0.4, -0.2) is 27.5 Å². The summed E-state index contributed by atoms with van der Waals surface area (Å²) in [6, 6.07) is -0.0276. The summed E-state index contributed by atoms with van der Waals surface area (Å²) in [5, 5.41) is 6.03. The molecule has 0 bridgehead atoms. The third-order valence-electron chi connectivity index (χ3n) is 4.18. The van der Waals surface area contributed by atoms with Gasteiger partial charge in [-0.2, -0.15) is 4.98 Å². The molecule has 1 aromatic heterocycles. The van der Waals surface area contributed by atoms with Crippen LogP contribution in [0.3, 0.4) is 0 Å². The van der Waals surface area contributed by atoms with E-state index >= 15 is 0 Å². The van der Waals surface area contributed by atoms with Crippen LogP contribution in [0.15, 0.2) is 6.20 Å². The van der Waals surface area contributed by atoms with Crippen LogP contribution in [0.4, 0.5) is 11.8 Å². The van der Waals surface area contributed by atoms with Crippen LogP contribution in [0.25, 0.3) is 0 Å². The Hall–Kier alpha value is -1.85. The van der Waals surface area contributed by atoms with Gasteiger partial charge >= 0.3 is 0 Å². The number of hydrogen-bond acceptors (Lipinski definition) is 5. The molecule has 0 aliphatic heterocycles. The third-order valence-corrected chi connectivity index (χ3v) is 4.18. The lowest BCUT2D eigenvalue weighted by atomic mass is 9.79. The average molecular weight is 323 g/mol. The van der Waals surface area contributed by atoms with E-state index in [0.29, 0.717) is 6.42 Å². The summed E-state index contributed by atoms with van der Waals surface area (Å²) in [7, 11) is 0. The number of hydrogen-bond donors (Lipinski definition) is 3. The molecule has 1 fully saturated rings. The van der Waals surface area contributed by atoms with E-state index in [4.69, 9.17) is 11.2 Å². The summed E-state index contributed by atoms with van der Waals surface area (Å²) in [5.41, 5.74) is 4.32. The van der Waals surface area contributed by atoms with Crippen molar-refractivity contribution < 1.29 is 10.3 Å². The number of rotatable bonds is 4. The molecule has 1 aliphatic carbocycles. The van der Waals surface area contributed by atoms with Gasteiger partial charge in [-0.3, -0.25) is 4.79 Å². The summed E-state index contributed by atoms with van der Waals surface area (Å²) in [6.07, 6.45) is 3.65. The molecule has 1 aliphatic rings. The van der Waals surface area contributed by atoms with Crippen LogP contribution >= 0.6 is 0 Å². The van der Waals surface area contributed by atoms with Gasteiger partial charge in [-0.05, 0) is 51.8 Å². The van der Waals surface area contributed by atoms with E-state index < -0.39 is 24.2 Å². The number of amides is 1. The van der Waals surface area contributed by atoms with E-state index in [1.165, 1.54) is 20.0 Å². The van der Waals surface area contributed by atoms with E-state index in [9.17, 15) is 4.79 Å². The monoisotopic (exact) mass is 323 g/mol. The second-order valence-corrected chi connectivity index (χ2v) is 6.94. The fourth-order valence-corrected chi connectivity index (χ4v) is 2.72. The first-order chi connectivity index (χ1) is 12.2. The summed E-state index contributed by atoms with van der Waals surface area (Å²) < 4.78 is 31.3. The molecule has 4 N–H and O–H groups in total. The number of primary amides is 1. The SMILES string of the molecule is [2H]C([2H])([2H])C(C)(C)Nc1ncc(C(N)=O)c(N[C@@H]2CC[C@@H](C)[C@]([2H])(C)C2)n1. The molecular formula is C17H29N5O. The first-order valence-corrected chi connectivity index (χ1v) is 7.94. The fourth-order valence-electron chi connectivity index (χ4n) is 2.72. The Morgan fingerprint density at radius 3 is 2.83 bits per heavy atom. The highest BCUT2D eigenvalue weighted by Crippen LogP contribution is 2.31. The fraction of sp³-hybridized carbons (Fsp3) is 0.706. The Kier molecular flexibility index (Phi) is 3.67. The Bertz CT molecular complexity index is 705. The summed E-state index contributed by atoms with van der Waals surface area (Å²) >= 11 is 0. The largest absolute Gasteiger partial charge is 0.366 e. The van der Waals surface area contributed by atoms with E-state index in [2.05, 4.69) is 27.5 Å². The average Bonchev–Trinajstić information content (AvgIpc) is 2.49. The minimum atomic E-state index is -2.27. The molecule has 0 radical (unpaired) electrons. The number of aromatic nitrogens is 2. The van der Waals surface area contributed by atoms with E-state index in [1.54, 1.807) is 0 Å². The summed E-state index contributed by atoms with van der Waals surface area (Å²) in [4.78, 5) is 20.1. The molecule has 1 amide bonds.